The molecule has 1 aliphatic heterocycles. The predicted octanol–water partition coefficient (Wildman–Crippen LogP) is 1.86. The Balaban J connectivity index is 1.83. The Morgan fingerprint density at radius 2 is 2.08 bits per heavy atom. The number of hydrogen-bond acceptors (Lipinski definition) is 6. The molecule has 2 aliphatic rings. The summed E-state index contributed by atoms with van der Waals surface area (Å²) in [6, 6.07) is 0.131. The van der Waals surface area contributed by atoms with Gasteiger partial charge >= 0.3 is 0 Å². The highest BCUT2D eigenvalue weighted by Crippen LogP contribution is 2.26. The number of aliphatic hydroxyl groups excluding tert-OH is 1. The van der Waals surface area contributed by atoms with E-state index >= 15 is 0 Å². The fourth-order valence-electron chi connectivity index (χ4n) is 2.96. The largest absolute Gasteiger partial charge is 0.393 e. The van der Waals surface area contributed by atoms with E-state index in [4.69, 9.17) is 0 Å². The van der Waals surface area contributed by atoms with Crippen LogP contribution in [-0.2, 0) is 0 Å². The molecule has 2 fully saturated rings. The molecule has 1 aliphatic carbocycles. The standard InChI is InChI=1S/C17H27N5O2/c1-17(2,3)21-16-18-10-13(15(24)22-7-8-22)14(20-16)19-11-5-4-6-12(23)9-11/h10-12,23H,4-9H2,1-3H3,(H2,18,19,20,21). The molecule has 0 bridgehead atoms. The van der Waals surface area contributed by atoms with Crippen molar-refractivity contribution in [3.63, 3.8) is 0 Å². The van der Waals surface area contributed by atoms with E-state index in [1.165, 1.54) is 0 Å². The number of aliphatic hydroxyl groups is 1. The summed E-state index contributed by atoms with van der Waals surface area (Å²) in [5, 5.41) is 16.5. The van der Waals surface area contributed by atoms with E-state index in [0.29, 0.717) is 23.8 Å². The average molecular weight is 333 g/mol. The van der Waals surface area contributed by atoms with Crippen LogP contribution < -0.4 is 10.6 Å². The van der Waals surface area contributed by atoms with Crippen molar-refractivity contribution in [1.82, 2.24) is 14.9 Å². The van der Waals surface area contributed by atoms with Gasteiger partial charge in [-0.1, -0.05) is 0 Å². The summed E-state index contributed by atoms with van der Waals surface area (Å²) in [5.41, 5.74) is 0.344. The molecule has 24 heavy (non-hydrogen) atoms. The molecule has 3 rings (SSSR count). The Bertz CT molecular complexity index is 609. The third-order valence-corrected chi connectivity index (χ3v) is 4.23. The molecule has 1 amide bonds. The summed E-state index contributed by atoms with van der Waals surface area (Å²) in [5.74, 6) is 1.03. The minimum atomic E-state index is -0.281. The number of nitrogens with zero attached hydrogens (tertiary/aromatic N) is 3. The van der Waals surface area contributed by atoms with Crippen molar-refractivity contribution in [2.24, 2.45) is 0 Å². The quantitative estimate of drug-likeness (QED) is 0.729. The summed E-state index contributed by atoms with van der Waals surface area (Å²) in [7, 11) is 0. The third-order valence-electron chi connectivity index (χ3n) is 4.23. The van der Waals surface area contributed by atoms with Crippen molar-refractivity contribution in [2.75, 3.05) is 23.7 Å². The lowest BCUT2D eigenvalue weighted by atomic mass is 9.93. The molecule has 3 N–H and O–H groups in total. The van der Waals surface area contributed by atoms with Gasteiger partial charge in [-0.2, -0.15) is 4.98 Å². The van der Waals surface area contributed by atoms with Gasteiger partial charge in [-0.3, -0.25) is 4.79 Å². The summed E-state index contributed by atoms with van der Waals surface area (Å²) in [4.78, 5) is 23.1. The van der Waals surface area contributed by atoms with Gasteiger partial charge in [0.25, 0.3) is 5.91 Å². The summed E-state index contributed by atoms with van der Waals surface area (Å²) < 4.78 is 0. The Morgan fingerprint density at radius 1 is 1.33 bits per heavy atom. The van der Waals surface area contributed by atoms with Gasteiger partial charge in [0.2, 0.25) is 5.95 Å². The lowest BCUT2D eigenvalue weighted by Crippen LogP contribution is -2.32. The molecule has 0 radical (unpaired) electrons. The van der Waals surface area contributed by atoms with Crippen LogP contribution in [0.2, 0.25) is 0 Å². The Hall–Kier alpha value is -1.89. The van der Waals surface area contributed by atoms with E-state index in [1.807, 2.05) is 20.8 Å². The van der Waals surface area contributed by atoms with Crippen molar-refractivity contribution in [1.29, 1.82) is 0 Å². The number of aromatic nitrogens is 2. The van der Waals surface area contributed by atoms with Gasteiger partial charge in [-0.15, -0.1) is 0 Å². The summed E-state index contributed by atoms with van der Waals surface area (Å²) in [6.45, 7) is 7.70. The molecule has 2 atom stereocenters. The Kier molecular flexibility index (Phi) is 4.62. The third kappa shape index (κ3) is 4.35. The normalized spacial score (nSPS) is 23.8. The topological polar surface area (TPSA) is 90.2 Å². The highest BCUT2D eigenvalue weighted by Gasteiger charge is 2.30. The first kappa shape index (κ1) is 17.0. The minimum Gasteiger partial charge on any atom is -0.393 e. The second-order valence-electron chi connectivity index (χ2n) is 7.78. The van der Waals surface area contributed by atoms with Gasteiger partial charge in [0.15, 0.2) is 0 Å². The van der Waals surface area contributed by atoms with Crippen molar-refractivity contribution in [3.8, 4) is 0 Å². The highest BCUT2D eigenvalue weighted by atomic mass is 16.3. The number of carbonyl (C=O) groups excluding carboxylic acids is 1. The number of hydrogen-bond donors (Lipinski definition) is 3. The number of anilines is 2. The number of nitrogens with one attached hydrogen (secondary N) is 2. The van der Waals surface area contributed by atoms with Gasteiger partial charge in [0.05, 0.1) is 6.10 Å². The average Bonchev–Trinajstić information content (AvgIpc) is 3.30. The fraction of sp³-hybridized carbons (Fsp3) is 0.706. The molecule has 7 heteroatoms. The molecular formula is C17H27N5O2. The van der Waals surface area contributed by atoms with Crippen LogP contribution in [0, 0.1) is 0 Å². The van der Waals surface area contributed by atoms with E-state index in [0.717, 1.165) is 32.4 Å². The molecule has 2 unspecified atom stereocenters. The molecule has 132 valence electrons. The molecule has 7 nitrogen and oxygen atoms in total. The highest BCUT2D eigenvalue weighted by molar-refractivity contribution is 5.99. The Labute approximate surface area is 142 Å². The zero-order valence-electron chi connectivity index (χ0n) is 14.7. The molecule has 1 aromatic rings. The van der Waals surface area contributed by atoms with E-state index < -0.39 is 0 Å². The van der Waals surface area contributed by atoms with Crippen molar-refractivity contribution < 1.29 is 9.90 Å². The summed E-state index contributed by atoms with van der Waals surface area (Å²) in [6.07, 6.45) is 4.80. The van der Waals surface area contributed by atoms with E-state index in [-0.39, 0.29) is 23.6 Å². The minimum absolute atomic E-state index is 0.0313. The monoisotopic (exact) mass is 333 g/mol. The first-order valence-electron chi connectivity index (χ1n) is 8.71. The van der Waals surface area contributed by atoms with Crippen LogP contribution in [0.15, 0.2) is 6.20 Å². The lowest BCUT2D eigenvalue weighted by Gasteiger charge is -2.28. The van der Waals surface area contributed by atoms with Crippen LogP contribution in [0.5, 0.6) is 0 Å². The van der Waals surface area contributed by atoms with Crippen LogP contribution in [0.3, 0.4) is 0 Å². The van der Waals surface area contributed by atoms with Gasteiger partial charge in [0, 0.05) is 30.9 Å². The number of rotatable bonds is 4. The van der Waals surface area contributed by atoms with Crippen LogP contribution in [0.1, 0.15) is 56.8 Å². The SMILES string of the molecule is CC(C)(C)Nc1ncc(C(=O)N2CC2)c(NC2CCCC(O)C2)n1. The number of carbonyl (C=O) groups is 1. The first-order chi connectivity index (χ1) is 11.3. The van der Waals surface area contributed by atoms with E-state index in [9.17, 15) is 9.90 Å². The van der Waals surface area contributed by atoms with Gasteiger partial charge in [-0.25, -0.2) is 4.98 Å². The van der Waals surface area contributed by atoms with E-state index in [2.05, 4.69) is 20.6 Å². The molecule has 0 aromatic carbocycles. The maximum Gasteiger partial charge on any atom is 0.259 e. The van der Waals surface area contributed by atoms with Crippen LogP contribution in [-0.4, -0.2) is 56.7 Å². The fourth-order valence-corrected chi connectivity index (χ4v) is 2.96. The predicted molar refractivity (Wildman–Crippen MR) is 93.2 cm³/mol. The zero-order valence-corrected chi connectivity index (χ0v) is 14.7. The smallest absolute Gasteiger partial charge is 0.259 e. The second-order valence-corrected chi connectivity index (χ2v) is 7.78. The van der Waals surface area contributed by atoms with Gasteiger partial charge < -0.3 is 20.6 Å². The molecule has 0 spiro atoms. The lowest BCUT2D eigenvalue weighted by molar-refractivity contribution is 0.0885. The van der Waals surface area contributed by atoms with Crippen LogP contribution >= 0.6 is 0 Å². The summed E-state index contributed by atoms with van der Waals surface area (Å²) >= 11 is 0. The molecule has 2 heterocycles. The van der Waals surface area contributed by atoms with Crippen molar-refractivity contribution in [2.45, 2.75) is 64.1 Å². The zero-order chi connectivity index (χ0) is 17.3. The van der Waals surface area contributed by atoms with Crippen LogP contribution in [0.25, 0.3) is 0 Å². The molecule has 1 saturated carbocycles. The maximum absolute atomic E-state index is 12.5. The van der Waals surface area contributed by atoms with Gasteiger partial charge in [0.1, 0.15) is 11.4 Å². The van der Waals surface area contributed by atoms with Crippen molar-refractivity contribution in [3.05, 3.63) is 11.8 Å². The maximum atomic E-state index is 12.5. The van der Waals surface area contributed by atoms with Crippen molar-refractivity contribution >= 4 is 17.7 Å². The Morgan fingerprint density at radius 3 is 2.71 bits per heavy atom. The molecular weight excluding hydrogens is 306 g/mol. The first-order valence-corrected chi connectivity index (χ1v) is 8.71. The number of amides is 1. The second kappa shape index (κ2) is 6.55. The molecule has 1 saturated heterocycles. The van der Waals surface area contributed by atoms with Gasteiger partial charge in [-0.05, 0) is 46.5 Å². The van der Waals surface area contributed by atoms with E-state index in [1.54, 1.807) is 11.1 Å². The van der Waals surface area contributed by atoms with Crippen LogP contribution in [0.4, 0.5) is 11.8 Å². The molecule has 1 aromatic heterocycles.